The Morgan fingerprint density at radius 1 is 1.11 bits per heavy atom. The van der Waals surface area contributed by atoms with Crippen molar-refractivity contribution < 1.29 is 0 Å². The lowest BCUT2D eigenvalue weighted by atomic mass is 10.2. The second-order valence-electron chi connectivity index (χ2n) is 3.96. The zero-order chi connectivity index (χ0) is 12.5. The molecular formula is C13H9Cl2N3. The average Bonchev–Trinajstić information content (AvgIpc) is 2.74. The average molecular weight is 278 g/mol. The quantitative estimate of drug-likeness (QED) is 0.668. The standard InChI is InChI=1S/C13H9Cl2N3/c14-10-6-11(15)17-13-12(10)16-8-18(13)7-9-4-2-1-3-5-9/h1-6,8H,7H2. The summed E-state index contributed by atoms with van der Waals surface area (Å²) in [5.41, 5.74) is 2.56. The monoisotopic (exact) mass is 277 g/mol. The first kappa shape index (κ1) is 11.5. The number of imidazole rings is 1. The maximum Gasteiger partial charge on any atom is 0.163 e. The molecule has 0 spiro atoms. The van der Waals surface area contributed by atoms with Gasteiger partial charge in [-0.15, -0.1) is 0 Å². The molecule has 0 N–H and O–H groups in total. The Morgan fingerprint density at radius 3 is 2.67 bits per heavy atom. The predicted octanol–water partition coefficient (Wildman–Crippen LogP) is 3.79. The van der Waals surface area contributed by atoms with E-state index in [1.165, 1.54) is 5.56 Å². The zero-order valence-electron chi connectivity index (χ0n) is 9.35. The minimum absolute atomic E-state index is 0.377. The van der Waals surface area contributed by atoms with Crippen LogP contribution in [0, 0.1) is 0 Å². The highest BCUT2D eigenvalue weighted by Crippen LogP contribution is 2.24. The summed E-state index contributed by atoms with van der Waals surface area (Å²) in [7, 11) is 0. The number of aromatic nitrogens is 3. The number of pyridine rings is 1. The van der Waals surface area contributed by atoms with E-state index in [9.17, 15) is 0 Å². The molecule has 3 aromatic rings. The topological polar surface area (TPSA) is 30.7 Å². The van der Waals surface area contributed by atoms with Gasteiger partial charge >= 0.3 is 0 Å². The number of benzene rings is 1. The van der Waals surface area contributed by atoms with Crippen LogP contribution in [-0.2, 0) is 6.54 Å². The van der Waals surface area contributed by atoms with Crippen molar-refractivity contribution in [2.75, 3.05) is 0 Å². The van der Waals surface area contributed by atoms with Gasteiger partial charge in [-0.05, 0) is 11.6 Å². The van der Waals surface area contributed by atoms with Crippen LogP contribution in [-0.4, -0.2) is 14.5 Å². The molecule has 0 aliphatic carbocycles. The van der Waals surface area contributed by atoms with E-state index in [1.54, 1.807) is 12.4 Å². The molecule has 2 heterocycles. The van der Waals surface area contributed by atoms with Crippen molar-refractivity contribution in [3.05, 3.63) is 58.5 Å². The summed E-state index contributed by atoms with van der Waals surface area (Å²) in [5.74, 6) is 0. The Labute approximate surface area is 114 Å². The highest BCUT2D eigenvalue weighted by Gasteiger charge is 2.09. The maximum absolute atomic E-state index is 6.08. The predicted molar refractivity (Wildman–Crippen MR) is 73.1 cm³/mol. The number of halogens is 2. The number of fused-ring (bicyclic) bond motifs is 1. The summed E-state index contributed by atoms with van der Waals surface area (Å²) in [6.45, 7) is 0.695. The van der Waals surface area contributed by atoms with Crippen LogP contribution in [0.4, 0.5) is 0 Å². The Kier molecular flexibility index (Phi) is 2.94. The fourth-order valence-electron chi connectivity index (χ4n) is 1.86. The van der Waals surface area contributed by atoms with Gasteiger partial charge < -0.3 is 4.57 Å². The molecule has 3 rings (SSSR count). The van der Waals surface area contributed by atoms with Gasteiger partial charge in [-0.3, -0.25) is 0 Å². The molecule has 0 aliphatic rings. The second kappa shape index (κ2) is 4.59. The molecule has 18 heavy (non-hydrogen) atoms. The van der Waals surface area contributed by atoms with Crippen LogP contribution in [0.5, 0.6) is 0 Å². The number of hydrogen-bond acceptors (Lipinski definition) is 2. The first-order valence-corrected chi connectivity index (χ1v) is 6.20. The van der Waals surface area contributed by atoms with Gasteiger partial charge in [-0.1, -0.05) is 53.5 Å². The minimum atomic E-state index is 0.377. The Balaban J connectivity index is 2.08. The summed E-state index contributed by atoms with van der Waals surface area (Å²) in [6, 6.07) is 11.7. The minimum Gasteiger partial charge on any atom is -0.311 e. The molecular weight excluding hydrogens is 269 g/mol. The van der Waals surface area contributed by atoms with Gasteiger partial charge in [-0.25, -0.2) is 9.97 Å². The van der Waals surface area contributed by atoms with E-state index < -0.39 is 0 Å². The van der Waals surface area contributed by atoms with Gasteiger partial charge in [0.15, 0.2) is 5.65 Å². The molecule has 0 atom stereocenters. The molecule has 0 unspecified atom stereocenters. The van der Waals surface area contributed by atoms with Crippen molar-refractivity contribution >= 4 is 34.4 Å². The van der Waals surface area contributed by atoms with Crippen molar-refractivity contribution in [2.45, 2.75) is 6.54 Å². The first-order valence-electron chi connectivity index (χ1n) is 5.45. The van der Waals surface area contributed by atoms with Gasteiger partial charge in [-0.2, -0.15) is 0 Å². The van der Waals surface area contributed by atoms with E-state index in [0.717, 1.165) is 0 Å². The molecule has 2 aromatic heterocycles. The Bertz CT molecular complexity index is 692. The van der Waals surface area contributed by atoms with Crippen molar-refractivity contribution in [1.29, 1.82) is 0 Å². The van der Waals surface area contributed by atoms with Crippen LogP contribution in [0.25, 0.3) is 11.2 Å². The van der Waals surface area contributed by atoms with E-state index in [2.05, 4.69) is 22.1 Å². The lowest BCUT2D eigenvalue weighted by molar-refractivity contribution is 0.814. The van der Waals surface area contributed by atoms with Crippen LogP contribution in [0.3, 0.4) is 0 Å². The fourth-order valence-corrected chi connectivity index (χ4v) is 2.35. The summed E-state index contributed by atoms with van der Waals surface area (Å²) < 4.78 is 1.93. The molecule has 90 valence electrons. The van der Waals surface area contributed by atoms with Crippen LogP contribution < -0.4 is 0 Å². The van der Waals surface area contributed by atoms with Gasteiger partial charge in [0.2, 0.25) is 0 Å². The number of nitrogens with zero attached hydrogens (tertiary/aromatic N) is 3. The zero-order valence-corrected chi connectivity index (χ0v) is 10.9. The van der Waals surface area contributed by atoms with E-state index >= 15 is 0 Å². The maximum atomic E-state index is 6.08. The van der Waals surface area contributed by atoms with Crippen LogP contribution in [0.2, 0.25) is 10.2 Å². The number of hydrogen-bond donors (Lipinski definition) is 0. The second-order valence-corrected chi connectivity index (χ2v) is 4.75. The van der Waals surface area contributed by atoms with Crippen LogP contribution >= 0.6 is 23.2 Å². The summed E-state index contributed by atoms with van der Waals surface area (Å²) in [5, 5.41) is 0.902. The SMILES string of the molecule is Clc1cc(Cl)c2ncn(Cc3ccccc3)c2n1. The third kappa shape index (κ3) is 2.07. The molecule has 5 heteroatoms. The molecule has 0 saturated carbocycles. The van der Waals surface area contributed by atoms with Crippen LogP contribution in [0.15, 0.2) is 42.7 Å². The third-order valence-electron chi connectivity index (χ3n) is 2.69. The Morgan fingerprint density at radius 2 is 1.89 bits per heavy atom. The third-order valence-corrected chi connectivity index (χ3v) is 3.17. The van der Waals surface area contributed by atoms with E-state index in [1.807, 2.05) is 22.8 Å². The number of rotatable bonds is 2. The summed E-state index contributed by atoms with van der Waals surface area (Å²) >= 11 is 12.0. The lowest BCUT2D eigenvalue weighted by Crippen LogP contribution is -1.99. The lowest BCUT2D eigenvalue weighted by Gasteiger charge is -2.04. The van der Waals surface area contributed by atoms with Crippen LogP contribution in [0.1, 0.15) is 5.56 Å². The van der Waals surface area contributed by atoms with Gasteiger partial charge in [0.1, 0.15) is 10.7 Å². The molecule has 0 aliphatic heterocycles. The summed E-state index contributed by atoms with van der Waals surface area (Å²) in [6.07, 6.45) is 1.73. The van der Waals surface area contributed by atoms with Crippen molar-refractivity contribution in [2.24, 2.45) is 0 Å². The van der Waals surface area contributed by atoms with E-state index in [0.29, 0.717) is 27.9 Å². The fraction of sp³-hybridized carbons (Fsp3) is 0.0769. The molecule has 0 fully saturated rings. The molecule has 0 amide bonds. The van der Waals surface area contributed by atoms with Gasteiger partial charge in [0.25, 0.3) is 0 Å². The largest absolute Gasteiger partial charge is 0.311 e. The van der Waals surface area contributed by atoms with Gasteiger partial charge in [0.05, 0.1) is 17.9 Å². The van der Waals surface area contributed by atoms with Crippen molar-refractivity contribution in [1.82, 2.24) is 14.5 Å². The molecule has 3 nitrogen and oxygen atoms in total. The molecule has 0 radical (unpaired) electrons. The van der Waals surface area contributed by atoms with E-state index in [-0.39, 0.29) is 0 Å². The smallest absolute Gasteiger partial charge is 0.163 e. The van der Waals surface area contributed by atoms with Crippen molar-refractivity contribution in [3.63, 3.8) is 0 Å². The highest BCUT2D eigenvalue weighted by atomic mass is 35.5. The highest BCUT2D eigenvalue weighted by molar-refractivity contribution is 6.37. The molecule has 0 bridgehead atoms. The molecule has 0 saturated heterocycles. The van der Waals surface area contributed by atoms with Crippen molar-refractivity contribution in [3.8, 4) is 0 Å². The summed E-state index contributed by atoms with van der Waals surface area (Å²) in [4.78, 5) is 8.54. The molecule has 1 aromatic carbocycles. The first-order chi connectivity index (χ1) is 8.74. The van der Waals surface area contributed by atoms with E-state index in [4.69, 9.17) is 23.2 Å². The normalized spacial score (nSPS) is 11.0. The van der Waals surface area contributed by atoms with Gasteiger partial charge in [0, 0.05) is 0 Å². The Hall–Kier alpha value is -1.58.